The highest BCUT2D eigenvalue weighted by Gasteiger charge is 2.20. The maximum Gasteiger partial charge on any atom is 0.0902 e. The minimum Gasteiger partial charge on any atom is -0.385 e. The number of benzene rings is 2. The maximum atomic E-state index is 10.6. The summed E-state index contributed by atoms with van der Waals surface area (Å²) in [6.07, 6.45) is 6.43. The van der Waals surface area contributed by atoms with Crippen LogP contribution in [0.4, 0.5) is 0 Å². The van der Waals surface area contributed by atoms with Crippen LogP contribution < -0.4 is 0 Å². The van der Waals surface area contributed by atoms with Gasteiger partial charge in [-0.2, -0.15) is 0 Å². The lowest BCUT2D eigenvalue weighted by molar-refractivity contribution is 0.0607. The number of fused-ring (bicyclic) bond motifs is 1. The molecule has 0 saturated carbocycles. The summed E-state index contributed by atoms with van der Waals surface area (Å²) in [5.74, 6) is 0. The normalized spacial score (nSPS) is 14.3. The molecule has 0 spiro atoms. The molecule has 2 heteroatoms. The summed E-state index contributed by atoms with van der Waals surface area (Å²) in [5, 5.41) is 11.7. The number of aliphatic hydroxyl groups is 1. The van der Waals surface area contributed by atoms with Crippen molar-refractivity contribution in [3.05, 3.63) is 84.1 Å². The molecule has 1 aromatic heterocycles. The number of aromatic nitrogens is 1. The molecule has 1 atom stereocenters. The van der Waals surface area contributed by atoms with Gasteiger partial charge in [0, 0.05) is 11.6 Å². The molecule has 2 nitrogen and oxygen atoms in total. The van der Waals surface area contributed by atoms with Crippen molar-refractivity contribution in [2.75, 3.05) is 0 Å². The third-order valence-corrected chi connectivity index (χ3v) is 3.83. The van der Waals surface area contributed by atoms with E-state index in [2.05, 4.69) is 17.1 Å². The lowest BCUT2D eigenvalue weighted by atomic mass is 9.92. The second kappa shape index (κ2) is 6.12. The lowest BCUT2D eigenvalue weighted by Crippen LogP contribution is -2.19. The summed E-state index contributed by atoms with van der Waals surface area (Å²) >= 11 is 0. The monoisotopic (exact) mass is 289 g/mol. The van der Waals surface area contributed by atoms with Gasteiger partial charge in [-0.25, -0.2) is 0 Å². The van der Waals surface area contributed by atoms with Crippen LogP contribution in [-0.4, -0.2) is 10.1 Å². The van der Waals surface area contributed by atoms with Crippen molar-refractivity contribution in [3.63, 3.8) is 0 Å². The zero-order valence-electron chi connectivity index (χ0n) is 12.6. The summed E-state index contributed by atoms with van der Waals surface area (Å²) in [6, 6.07) is 19.9. The van der Waals surface area contributed by atoms with Gasteiger partial charge in [0.2, 0.25) is 0 Å². The molecular formula is C20H19NO. The molecule has 0 aliphatic rings. The Labute approximate surface area is 130 Å². The number of rotatable bonds is 4. The highest BCUT2D eigenvalue weighted by atomic mass is 16.3. The average molecular weight is 289 g/mol. The van der Waals surface area contributed by atoms with Gasteiger partial charge in [0.05, 0.1) is 11.1 Å². The smallest absolute Gasteiger partial charge is 0.0902 e. The van der Waals surface area contributed by atoms with E-state index in [1.807, 2.05) is 73.8 Å². The number of hydrogen-bond acceptors (Lipinski definition) is 2. The molecule has 0 aliphatic carbocycles. The first-order valence-corrected chi connectivity index (χ1v) is 7.44. The van der Waals surface area contributed by atoms with Crippen molar-refractivity contribution in [2.45, 2.75) is 18.9 Å². The molecule has 1 heterocycles. The van der Waals surface area contributed by atoms with E-state index < -0.39 is 5.60 Å². The van der Waals surface area contributed by atoms with Crippen molar-refractivity contribution in [1.29, 1.82) is 0 Å². The van der Waals surface area contributed by atoms with Gasteiger partial charge in [0.25, 0.3) is 0 Å². The molecule has 1 N–H and O–H groups in total. The van der Waals surface area contributed by atoms with Gasteiger partial charge in [-0.1, -0.05) is 60.7 Å². The van der Waals surface area contributed by atoms with Gasteiger partial charge < -0.3 is 5.11 Å². The molecule has 3 aromatic rings. The van der Waals surface area contributed by atoms with Gasteiger partial charge in [0.15, 0.2) is 0 Å². The topological polar surface area (TPSA) is 33.1 Å². The van der Waals surface area contributed by atoms with Crippen LogP contribution >= 0.6 is 0 Å². The van der Waals surface area contributed by atoms with Crippen molar-refractivity contribution < 1.29 is 5.11 Å². The van der Waals surface area contributed by atoms with E-state index in [1.54, 1.807) is 0 Å². The van der Waals surface area contributed by atoms with Crippen LogP contribution in [0.25, 0.3) is 17.0 Å². The molecule has 22 heavy (non-hydrogen) atoms. The van der Waals surface area contributed by atoms with Crippen LogP contribution in [0.2, 0.25) is 0 Å². The third-order valence-electron chi connectivity index (χ3n) is 3.83. The summed E-state index contributed by atoms with van der Waals surface area (Å²) < 4.78 is 0. The minimum absolute atomic E-state index is 0.559. The fourth-order valence-electron chi connectivity index (χ4n) is 2.52. The molecule has 0 bridgehead atoms. The molecule has 0 radical (unpaired) electrons. The van der Waals surface area contributed by atoms with E-state index in [4.69, 9.17) is 0 Å². The Balaban J connectivity index is 1.75. The Hall–Kier alpha value is -2.45. The van der Waals surface area contributed by atoms with Gasteiger partial charge in [-0.15, -0.1) is 0 Å². The fourth-order valence-corrected chi connectivity index (χ4v) is 2.52. The number of pyridine rings is 1. The van der Waals surface area contributed by atoms with Crippen molar-refractivity contribution in [3.8, 4) is 0 Å². The van der Waals surface area contributed by atoms with Crippen molar-refractivity contribution >= 4 is 17.0 Å². The number of para-hydroxylation sites is 1. The van der Waals surface area contributed by atoms with Gasteiger partial charge in [0.1, 0.15) is 0 Å². The number of nitrogens with zero attached hydrogens (tertiary/aromatic N) is 1. The Kier molecular flexibility index (Phi) is 4.03. The van der Waals surface area contributed by atoms with Crippen LogP contribution in [0, 0.1) is 0 Å². The molecule has 0 amide bonds. The first kappa shape index (κ1) is 14.5. The molecule has 0 aliphatic heterocycles. The standard InChI is InChI=1S/C20H19NO/c1-20(22,18-10-3-2-4-11-18)13-7-8-16-14-17-9-5-6-12-19(17)21-15-16/h2-12,14-15,22H,13H2,1H3/b8-7+/t20-/m0/s1. The first-order valence-electron chi connectivity index (χ1n) is 7.44. The quantitative estimate of drug-likeness (QED) is 0.764. The highest BCUT2D eigenvalue weighted by Crippen LogP contribution is 2.25. The van der Waals surface area contributed by atoms with E-state index in [1.165, 1.54) is 0 Å². The van der Waals surface area contributed by atoms with Crippen LogP contribution in [0.1, 0.15) is 24.5 Å². The van der Waals surface area contributed by atoms with E-state index in [0.29, 0.717) is 6.42 Å². The van der Waals surface area contributed by atoms with E-state index in [0.717, 1.165) is 22.0 Å². The molecule has 0 unspecified atom stereocenters. The predicted octanol–water partition coefficient (Wildman–Crippen LogP) is 4.55. The highest BCUT2D eigenvalue weighted by molar-refractivity contribution is 5.80. The Bertz CT molecular complexity index is 791. The molecule has 0 saturated heterocycles. The van der Waals surface area contributed by atoms with E-state index in [9.17, 15) is 5.11 Å². The fraction of sp³-hybridized carbons (Fsp3) is 0.150. The van der Waals surface area contributed by atoms with Crippen molar-refractivity contribution in [2.24, 2.45) is 0 Å². The minimum atomic E-state index is -0.859. The van der Waals surface area contributed by atoms with Crippen LogP contribution in [0.5, 0.6) is 0 Å². The van der Waals surface area contributed by atoms with Gasteiger partial charge >= 0.3 is 0 Å². The number of hydrogen-bond donors (Lipinski definition) is 1. The average Bonchev–Trinajstić information content (AvgIpc) is 2.55. The first-order chi connectivity index (χ1) is 10.6. The third kappa shape index (κ3) is 3.23. The summed E-state index contributed by atoms with van der Waals surface area (Å²) in [7, 11) is 0. The molecule has 0 fully saturated rings. The van der Waals surface area contributed by atoms with Gasteiger partial charge in [-0.3, -0.25) is 4.98 Å². The maximum absolute atomic E-state index is 10.6. The molecular weight excluding hydrogens is 270 g/mol. The second-order valence-electron chi connectivity index (χ2n) is 5.71. The SMILES string of the molecule is C[C@](O)(C/C=C/c1cnc2ccccc2c1)c1ccccc1. The Morgan fingerprint density at radius 2 is 1.77 bits per heavy atom. The molecule has 2 aromatic carbocycles. The van der Waals surface area contributed by atoms with Crippen molar-refractivity contribution in [1.82, 2.24) is 4.98 Å². The zero-order valence-corrected chi connectivity index (χ0v) is 12.6. The molecule has 110 valence electrons. The second-order valence-corrected chi connectivity index (χ2v) is 5.71. The Morgan fingerprint density at radius 3 is 2.59 bits per heavy atom. The summed E-state index contributed by atoms with van der Waals surface area (Å²) in [6.45, 7) is 1.84. The summed E-state index contributed by atoms with van der Waals surface area (Å²) in [4.78, 5) is 4.44. The van der Waals surface area contributed by atoms with Crippen LogP contribution in [0.3, 0.4) is 0 Å². The Morgan fingerprint density at radius 1 is 1.05 bits per heavy atom. The summed E-state index contributed by atoms with van der Waals surface area (Å²) in [5.41, 5.74) is 2.11. The molecule has 3 rings (SSSR count). The van der Waals surface area contributed by atoms with Gasteiger partial charge in [-0.05, 0) is 36.6 Å². The zero-order chi connectivity index (χ0) is 15.4. The van der Waals surface area contributed by atoms with E-state index >= 15 is 0 Å². The van der Waals surface area contributed by atoms with E-state index in [-0.39, 0.29) is 0 Å². The lowest BCUT2D eigenvalue weighted by Gasteiger charge is -2.22. The largest absolute Gasteiger partial charge is 0.385 e. The van der Waals surface area contributed by atoms with Crippen LogP contribution in [-0.2, 0) is 5.60 Å². The van der Waals surface area contributed by atoms with Crippen LogP contribution in [0.15, 0.2) is 72.9 Å². The predicted molar refractivity (Wildman–Crippen MR) is 91.4 cm³/mol.